The van der Waals surface area contributed by atoms with E-state index in [-0.39, 0.29) is 23.0 Å². The largest absolute Gasteiger partial charge is 0.405 e. The molecule has 0 bridgehead atoms. The summed E-state index contributed by atoms with van der Waals surface area (Å²) in [6, 6.07) is 8.68. The molecule has 1 aromatic carbocycles. The van der Waals surface area contributed by atoms with E-state index in [2.05, 4.69) is 16.5 Å². The summed E-state index contributed by atoms with van der Waals surface area (Å²) in [5.74, 6) is -0.268. The van der Waals surface area contributed by atoms with Gasteiger partial charge in [-0.1, -0.05) is 13.0 Å². The maximum Gasteiger partial charge on any atom is 0.405 e. The summed E-state index contributed by atoms with van der Waals surface area (Å²) < 4.78 is 65.0. The molecule has 1 amide bonds. The van der Waals surface area contributed by atoms with Gasteiger partial charge in [-0.25, -0.2) is 13.1 Å². The van der Waals surface area contributed by atoms with Gasteiger partial charge in [0, 0.05) is 17.0 Å². The fourth-order valence-corrected chi connectivity index (χ4v) is 5.47. The number of thiophene rings is 1. The molecule has 11 heteroatoms. The van der Waals surface area contributed by atoms with Crippen LogP contribution in [0.5, 0.6) is 0 Å². The standard InChI is InChI=1S/C21H26F3N3O3S2/c1-15-8-10-27(11-9-15)18(19-3-2-12-31-19)13-26-32(29,30)17-6-4-16(5-7-17)20(28)25-14-21(22,23)24/h2-7,12,15,18,26H,8-11,13-14H2,1H3,(H,25,28)/t18-/m1/s1. The number of halogens is 3. The molecule has 1 aliphatic heterocycles. The Balaban J connectivity index is 1.66. The molecule has 176 valence electrons. The number of likely N-dealkylation sites (tertiary alicyclic amines) is 1. The van der Waals surface area contributed by atoms with E-state index < -0.39 is 28.7 Å². The molecule has 3 rings (SSSR count). The minimum absolute atomic E-state index is 0.0490. The van der Waals surface area contributed by atoms with Crippen molar-refractivity contribution in [2.75, 3.05) is 26.2 Å². The lowest BCUT2D eigenvalue weighted by Crippen LogP contribution is -2.41. The Kier molecular flexibility index (Phi) is 7.97. The Labute approximate surface area is 189 Å². The van der Waals surface area contributed by atoms with E-state index >= 15 is 0 Å². The van der Waals surface area contributed by atoms with Gasteiger partial charge in [-0.3, -0.25) is 9.69 Å². The molecular weight excluding hydrogens is 463 g/mol. The van der Waals surface area contributed by atoms with Crippen molar-refractivity contribution in [3.63, 3.8) is 0 Å². The first kappa shape index (κ1) is 24.7. The number of piperidine rings is 1. The second kappa shape index (κ2) is 10.3. The lowest BCUT2D eigenvalue weighted by molar-refractivity contribution is -0.123. The van der Waals surface area contributed by atoms with Crippen molar-refractivity contribution in [3.05, 3.63) is 52.2 Å². The summed E-state index contributed by atoms with van der Waals surface area (Å²) >= 11 is 1.58. The molecule has 0 spiro atoms. The molecule has 1 fully saturated rings. The highest BCUT2D eigenvalue weighted by Gasteiger charge is 2.29. The van der Waals surface area contributed by atoms with E-state index in [0.29, 0.717) is 5.92 Å². The monoisotopic (exact) mass is 489 g/mol. The number of alkyl halides is 3. The number of carbonyl (C=O) groups excluding carboxylic acids is 1. The van der Waals surface area contributed by atoms with Crippen LogP contribution in [0.2, 0.25) is 0 Å². The van der Waals surface area contributed by atoms with Crippen LogP contribution in [0.15, 0.2) is 46.7 Å². The lowest BCUT2D eigenvalue weighted by atomic mass is 9.97. The maximum absolute atomic E-state index is 12.8. The van der Waals surface area contributed by atoms with Gasteiger partial charge >= 0.3 is 6.18 Å². The molecule has 2 N–H and O–H groups in total. The van der Waals surface area contributed by atoms with Crippen molar-refractivity contribution in [1.29, 1.82) is 0 Å². The Bertz CT molecular complexity index is 986. The summed E-state index contributed by atoms with van der Waals surface area (Å²) in [7, 11) is -3.86. The van der Waals surface area contributed by atoms with Crippen LogP contribution in [-0.2, 0) is 10.0 Å². The van der Waals surface area contributed by atoms with Crippen molar-refractivity contribution < 1.29 is 26.4 Å². The van der Waals surface area contributed by atoms with Crippen molar-refractivity contribution in [2.45, 2.75) is 36.9 Å². The Morgan fingerprint density at radius 1 is 1.19 bits per heavy atom. The van der Waals surface area contributed by atoms with Gasteiger partial charge < -0.3 is 5.32 Å². The molecule has 1 aliphatic rings. The summed E-state index contributed by atoms with van der Waals surface area (Å²) in [5.41, 5.74) is -0.0490. The van der Waals surface area contributed by atoms with Crippen molar-refractivity contribution in [2.24, 2.45) is 5.92 Å². The third-order valence-electron chi connectivity index (χ3n) is 5.47. The Morgan fingerprint density at radius 2 is 1.84 bits per heavy atom. The second-order valence-corrected chi connectivity index (χ2v) is 10.7. The van der Waals surface area contributed by atoms with Crippen LogP contribution in [0.4, 0.5) is 13.2 Å². The molecule has 2 aromatic rings. The molecular formula is C21H26F3N3O3S2. The molecule has 1 aromatic heterocycles. The van der Waals surface area contributed by atoms with Gasteiger partial charge in [-0.15, -0.1) is 11.3 Å². The highest BCUT2D eigenvalue weighted by atomic mass is 32.2. The number of rotatable bonds is 8. The third kappa shape index (κ3) is 6.77. The van der Waals surface area contributed by atoms with Gasteiger partial charge in [-0.2, -0.15) is 13.2 Å². The van der Waals surface area contributed by atoms with Gasteiger partial charge in [0.25, 0.3) is 5.91 Å². The Hall–Kier alpha value is -1.95. The van der Waals surface area contributed by atoms with Gasteiger partial charge in [0.2, 0.25) is 10.0 Å². The molecule has 1 atom stereocenters. The Morgan fingerprint density at radius 3 is 2.41 bits per heavy atom. The first-order chi connectivity index (χ1) is 15.0. The predicted molar refractivity (Wildman–Crippen MR) is 117 cm³/mol. The quantitative estimate of drug-likeness (QED) is 0.592. The minimum atomic E-state index is -4.52. The van der Waals surface area contributed by atoms with Crippen molar-refractivity contribution in [3.8, 4) is 0 Å². The average molecular weight is 490 g/mol. The van der Waals surface area contributed by atoms with E-state index in [0.717, 1.165) is 30.8 Å². The number of nitrogens with one attached hydrogen (secondary N) is 2. The van der Waals surface area contributed by atoms with E-state index in [4.69, 9.17) is 0 Å². The molecule has 32 heavy (non-hydrogen) atoms. The molecule has 0 unspecified atom stereocenters. The second-order valence-electron chi connectivity index (χ2n) is 7.92. The number of amides is 1. The number of hydrogen-bond acceptors (Lipinski definition) is 5. The number of benzene rings is 1. The normalized spacial score (nSPS) is 17.2. The summed E-state index contributed by atoms with van der Waals surface area (Å²) in [5, 5.41) is 3.72. The molecule has 2 heterocycles. The third-order valence-corrected chi connectivity index (χ3v) is 7.89. The van der Waals surface area contributed by atoms with Crippen LogP contribution >= 0.6 is 11.3 Å². The van der Waals surface area contributed by atoms with Crippen molar-refractivity contribution >= 4 is 27.3 Å². The van der Waals surface area contributed by atoms with Crippen LogP contribution in [-0.4, -0.2) is 51.6 Å². The summed E-state index contributed by atoms with van der Waals surface area (Å²) in [6.07, 6.45) is -2.40. The lowest BCUT2D eigenvalue weighted by Gasteiger charge is -2.36. The van der Waals surface area contributed by atoms with Gasteiger partial charge in [0.05, 0.1) is 10.9 Å². The first-order valence-electron chi connectivity index (χ1n) is 10.3. The molecule has 0 saturated carbocycles. The number of hydrogen-bond donors (Lipinski definition) is 2. The SMILES string of the molecule is CC1CCN([C@H](CNS(=O)(=O)c2ccc(C(=O)NCC(F)(F)F)cc2)c2cccs2)CC1. The highest BCUT2D eigenvalue weighted by molar-refractivity contribution is 7.89. The average Bonchev–Trinajstić information content (AvgIpc) is 3.27. The van der Waals surface area contributed by atoms with Crippen LogP contribution in [0.3, 0.4) is 0 Å². The smallest absolute Gasteiger partial charge is 0.343 e. The number of carbonyl (C=O) groups is 1. The fraction of sp³-hybridized carbons (Fsp3) is 0.476. The van der Waals surface area contributed by atoms with Crippen LogP contribution in [0, 0.1) is 5.92 Å². The van der Waals surface area contributed by atoms with E-state index in [1.165, 1.54) is 24.3 Å². The van der Waals surface area contributed by atoms with E-state index in [9.17, 15) is 26.4 Å². The topological polar surface area (TPSA) is 78.5 Å². The summed E-state index contributed by atoms with van der Waals surface area (Å²) in [4.78, 5) is 15.1. The van der Waals surface area contributed by atoms with Crippen molar-refractivity contribution in [1.82, 2.24) is 14.9 Å². The minimum Gasteiger partial charge on any atom is -0.343 e. The number of nitrogens with zero attached hydrogens (tertiary/aromatic N) is 1. The highest BCUT2D eigenvalue weighted by Crippen LogP contribution is 2.29. The molecule has 6 nitrogen and oxygen atoms in total. The maximum atomic E-state index is 12.8. The van der Waals surface area contributed by atoms with Crippen LogP contribution in [0.25, 0.3) is 0 Å². The summed E-state index contributed by atoms with van der Waals surface area (Å²) in [6.45, 7) is 2.76. The zero-order valence-corrected chi connectivity index (χ0v) is 19.2. The van der Waals surface area contributed by atoms with E-state index in [1.807, 2.05) is 17.5 Å². The fourth-order valence-electron chi connectivity index (χ4n) is 3.57. The van der Waals surface area contributed by atoms with E-state index in [1.54, 1.807) is 16.7 Å². The van der Waals surface area contributed by atoms with Crippen LogP contribution < -0.4 is 10.0 Å². The predicted octanol–water partition coefficient (Wildman–Crippen LogP) is 3.79. The zero-order chi connectivity index (χ0) is 23.4. The number of sulfonamides is 1. The first-order valence-corrected chi connectivity index (χ1v) is 12.6. The van der Waals surface area contributed by atoms with Gasteiger partial charge in [0.15, 0.2) is 0 Å². The molecule has 0 radical (unpaired) electrons. The molecule has 0 aliphatic carbocycles. The van der Waals surface area contributed by atoms with Gasteiger partial charge in [-0.05, 0) is 67.6 Å². The molecule has 1 saturated heterocycles. The zero-order valence-electron chi connectivity index (χ0n) is 17.6. The van der Waals surface area contributed by atoms with Gasteiger partial charge in [0.1, 0.15) is 6.54 Å². The van der Waals surface area contributed by atoms with Crippen LogP contribution in [0.1, 0.15) is 41.0 Å².